The number of carboxylic acid groups (broad SMARTS) is 2. The van der Waals surface area contributed by atoms with Gasteiger partial charge in [-0.2, -0.15) is 0 Å². The number of aromatic nitrogens is 2. The van der Waals surface area contributed by atoms with Crippen LogP contribution >= 0.6 is 11.8 Å². The second-order valence-electron chi connectivity index (χ2n) is 4.94. The van der Waals surface area contributed by atoms with Crippen LogP contribution in [0.3, 0.4) is 0 Å². The Labute approximate surface area is 143 Å². The van der Waals surface area contributed by atoms with Gasteiger partial charge in [0.1, 0.15) is 5.69 Å². The zero-order valence-corrected chi connectivity index (χ0v) is 14.1. The molecule has 0 radical (unpaired) electrons. The van der Waals surface area contributed by atoms with Crippen LogP contribution < -0.4 is 0 Å². The molecule has 0 aromatic carbocycles. The third kappa shape index (κ3) is 6.85. The molecule has 2 N–H and O–H groups in total. The lowest BCUT2D eigenvalue weighted by Gasteiger charge is -2.21. The van der Waals surface area contributed by atoms with Crippen molar-refractivity contribution in [1.29, 1.82) is 0 Å². The Balaban J connectivity index is 0.000000413. The van der Waals surface area contributed by atoms with Crippen molar-refractivity contribution in [3.8, 4) is 12.3 Å². The molecule has 9 heteroatoms. The Morgan fingerprint density at radius 2 is 2.12 bits per heavy atom. The van der Waals surface area contributed by atoms with Crippen molar-refractivity contribution >= 4 is 29.3 Å². The molecule has 1 aromatic rings. The fourth-order valence-corrected chi connectivity index (χ4v) is 2.75. The number of aliphatic carboxylic acids is 2. The Morgan fingerprint density at radius 3 is 2.71 bits per heavy atom. The molecule has 2 heterocycles. The Morgan fingerprint density at radius 1 is 1.42 bits per heavy atom. The van der Waals surface area contributed by atoms with Crippen molar-refractivity contribution in [1.82, 2.24) is 15.2 Å². The molecule has 0 amide bonds. The molecule has 0 saturated heterocycles. The van der Waals surface area contributed by atoms with Crippen molar-refractivity contribution in [2.24, 2.45) is 0 Å². The number of unbranched alkanes of at least 4 members (excludes halogenated alkanes) is 1. The van der Waals surface area contributed by atoms with E-state index in [4.69, 9.17) is 30.9 Å². The molecule has 1 aliphatic rings. The van der Waals surface area contributed by atoms with Crippen molar-refractivity contribution in [2.45, 2.75) is 24.3 Å². The quantitative estimate of drug-likeness (QED) is 0.351. The molecule has 2 rings (SSSR count). The van der Waals surface area contributed by atoms with Crippen molar-refractivity contribution in [3.63, 3.8) is 0 Å². The number of rotatable bonds is 5. The average molecular weight is 353 g/mol. The van der Waals surface area contributed by atoms with Gasteiger partial charge >= 0.3 is 11.9 Å². The fraction of sp³-hybridized carbons (Fsp3) is 0.467. The summed E-state index contributed by atoms with van der Waals surface area (Å²) in [5.41, 5.74) is 2.11. The maximum Gasteiger partial charge on any atom is 0.414 e. The van der Waals surface area contributed by atoms with E-state index in [1.54, 1.807) is 11.8 Å². The summed E-state index contributed by atoms with van der Waals surface area (Å²) in [6.45, 7) is 2.01. The lowest BCUT2D eigenvalue weighted by molar-refractivity contribution is -0.159. The van der Waals surface area contributed by atoms with Gasteiger partial charge in [-0.05, 0) is 35.8 Å². The molecule has 0 spiro atoms. The standard InChI is InChI=1S/C13H17N3OS.C2H2O4/c1-3-4-5-9-18-13-12(14-17-15-13)11-7-6-8-16(2)10-11;3-1(4)2(5)6/h1,7H,4-6,8-10H2,2H3;(H,3,4)(H,5,6). The van der Waals surface area contributed by atoms with E-state index in [2.05, 4.69) is 34.3 Å². The van der Waals surface area contributed by atoms with Gasteiger partial charge in [0.15, 0.2) is 5.03 Å². The first kappa shape index (κ1) is 19.7. The van der Waals surface area contributed by atoms with Crippen LogP contribution in [0.5, 0.6) is 0 Å². The van der Waals surface area contributed by atoms with Gasteiger partial charge < -0.3 is 15.1 Å². The summed E-state index contributed by atoms with van der Waals surface area (Å²) in [5.74, 6) is -0.0545. The summed E-state index contributed by atoms with van der Waals surface area (Å²) >= 11 is 1.67. The van der Waals surface area contributed by atoms with Crippen LogP contribution in [-0.4, -0.2) is 63.3 Å². The summed E-state index contributed by atoms with van der Waals surface area (Å²) < 4.78 is 4.87. The van der Waals surface area contributed by atoms with Crippen LogP contribution in [0.1, 0.15) is 25.0 Å². The van der Waals surface area contributed by atoms with Gasteiger partial charge in [0.2, 0.25) is 0 Å². The van der Waals surface area contributed by atoms with E-state index in [-0.39, 0.29) is 0 Å². The van der Waals surface area contributed by atoms with E-state index in [9.17, 15) is 0 Å². The molecule has 0 bridgehead atoms. The van der Waals surface area contributed by atoms with Crippen molar-refractivity contribution in [3.05, 3.63) is 11.8 Å². The maximum atomic E-state index is 9.10. The molecule has 0 fully saturated rings. The smallest absolute Gasteiger partial charge is 0.414 e. The third-order valence-electron chi connectivity index (χ3n) is 2.99. The van der Waals surface area contributed by atoms with E-state index >= 15 is 0 Å². The largest absolute Gasteiger partial charge is 0.473 e. The van der Waals surface area contributed by atoms with E-state index < -0.39 is 11.9 Å². The highest BCUT2D eigenvalue weighted by molar-refractivity contribution is 7.99. The van der Waals surface area contributed by atoms with Crippen LogP contribution in [0.2, 0.25) is 0 Å². The van der Waals surface area contributed by atoms with Gasteiger partial charge in [-0.25, -0.2) is 14.2 Å². The number of carboxylic acids is 2. The van der Waals surface area contributed by atoms with Crippen molar-refractivity contribution in [2.75, 3.05) is 25.9 Å². The average Bonchev–Trinajstić information content (AvgIpc) is 3.00. The lowest BCUT2D eigenvalue weighted by atomic mass is 10.1. The van der Waals surface area contributed by atoms with Crippen LogP contribution in [0.15, 0.2) is 15.7 Å². The Hall–Kier alpha value is -2.31. The second kappa shape index (κ2) is 10.5. The SMILES string of the molecule is C#CCCCSc1nonc1C1=CCCN(C)C1.O=C(O)C(=O)O. The second-order valence-corrected chi connectivity index (χ2v) is 6.02. The monoisotopic (exact) mass is 353 g/mol. The van der Waals surface area contributed by atoms with E-state index in [1.165, 1.54) is 5.57 Å². The van der Waals surface area contributed by atoms with Gasteiger partial charge in [0.05, 0.1) is 0 Å². The molecule has 8 nitrogen and oxygen atoms in total. The van der Waals surface area contributed by atoms with E-state index in [0.717, 1.165) is 48.8 Å². The minimum Gasteiger partial charge on any atom is -0.473 e. The van der Waals surface area contributed by atoms with E-state index in [1.807, 2.05) is 0 Å². The van der Waals surface area contributed by atoms with Gasteiger partial charge in [0.25, 0.3) is 0 Å². The summed E-state index contributed by atoms with van der Waals surface area (Å²) in [7, 11) is 2.11. The topological polar surface area (TPSA) is 117 Å². The Bertz CT molecular complexity index is 623. The van der Waals surface area contributed by atoms with Crippen LogP contribution in [0.4, 0.5) is 0 Å². The van der Waals surface area contributed by atoms with Crippen LogP contribution in [0.25, 0.3) is 5.57 Å². The predicted octanol–water partition coefficient (Wildman–Crippen LogP) is 1.45. The number of hydrogen-bond donors (Lipinski definition) is 2. The highest BCUT2D eigenvalue weighted by Crippen LogP contribution is 2.27. The molecule has 0 atom stereocenters. The molecule has 0 saturated carbocycles. The summed E-state index contributed by atoms with van der Waals surface area (Å²) in [6.07, 6.45) is 10.3. The summed E-state index contributed by atoms with van der Waals surface area (Å²) in [6, 6.07) is 0. The van der Waals surface area contributed by atoms with Crippen LogP contribution in [0, 0.1) is 12.3 Å². The van der Waals surface area contributed by atoms with Crippen LogP contribution in [-0.2, 0) is 9.59 Å². The zero-order chi connectivity index (χ0) is 17.9. The number of nitrogens with zero attached hydrogens (tertiary/aromatic N) is 3. The summed E-state index contributed by atoms with van der Waals surface area (Å²) in [5, 5.41) is 23.7. The number of terminal acetylenes is 1. The van der Waals surface area contributed by atoms with Gasteiger partial charge in [-0.15, -0.1) is 24.1 Å². The molecular formula is C15H19N3O5S. The number of thioether (sulfide) groups is 1. The first-order valence-electron chi connectivity index (χ1n) is 7.18. The normalized spacial score (nSPS) is 14.1. The molecular weight excluding hydrogens is 334 g/mol. The molecule has 1 aliphatic heterocycles. The number of carbonyl (C=O) groups is 2. The minimum atomic E-state index is -1.82. The zero-order valence-electron chi connectivity index (χ0n) is 13.3. The maximum absolute atomic E-state index is 9.10. The predicted molar refractivity (Wildman–Crippen MR) is 88.5 cm³/mol. The summed E-state index contributed by atoms with van der Waals surface area (Å²) in [4.78, 5) is 20.5. The molecule has 0 unspecified atom stereocenters. The number of likely N-dealkylation sites (N-methyl/N-ethyl adjacent to an activating group) is 1. The fourth-order valence-electron chi connectivity index (χ4n) is 1.88. The van der Waals surface area contributed by atoms with Gasteiger partial charge in [0, 0.05) is 25.3 Å². The molecule has 24 heavy (non-hydrogen) atoms. The lowest BCUT2D eigenvalue weighted by Crippen LogP contribution is -2.25. The van der Waals surface area contributed by atoms with Crippen molar-refractivity contribution < 1.29 is 24.4 Å². The number of hydrogen-bond acceptors (Lipinski definition) is 7. The third-order valence-corrected chi connectivity index (χ3v) is 4.03. The highest BCUT2D eigenvalue weighted by atomic mass is 32.2. The van der Waals surface area contributed by atoms with Gasteiger partial charge in [-0.1, -0.05) is 6.08 Å². The Kier molecular flexibility index (Phi) is 8.60. The minimum absolute atomic E-state index is 0.805. The van der Waals surface area contributed by atoms with Gasteiger partial charge in [-0.3, -0.25) is 0 Å². The first-order chi connectivity index (χ1) is 11.5. The van der Waals surface area contributed by atoms with E-state index in [0.29, 0.717) is 0 Å². The molecule has 0 aliphatic carbocycles. The highest BCUT2D eigenvalue weighted by Gasteiger charge is 2.18. The first-order valence-corrected chi connectivity index (χ1v) is 8.17. The molecule has 1 aromatic heterocycles. The molecule has 130 valence electrons.